The van der Waals surface area contributed by atoms with Crippen molar-refractivity contribution in [2.45, 2.75) is 29.2 Å². The highest BCUT2D eigenvalue weighted by atomic mass is 32.2. The first-order chi connectivity index (χ1) is 9.93. The van der Waals surface area contributed by atoms with Crippen LogP contribution in [0.15, 0.2) is 17.0 Å². The monoisotopic (exact) mass is 344 g/mol. The highest BCUT2D eigenvalue weighted by Crippen LogP contribution is 2.42. The van der Waals surface area contributed by atoms with E-state index in [9.17, 15) is 35.2 Å². The summed E-state index contributed by atoms with van der Waals surface area (Å²) in [6.45, 7) is -0.489. The third kappa shape index (κ3) is 2.39. The molecule has 0 aliphatic heterocycles. The molecule has 0 heterocycles. The first-order valence-electron chi connectivity index (χ1n) is 5.93. The van der Waals surface area contributed by atoms with E-state index < -0.39 is 56.1 Å². The molecular formula is C12H9F5O4S. The molecular weight excluding hydrogens is 335 g/mol. The molecule has 0 aromatic heterocycles. The van der Waals surface area contributed by atoms with Crippen LogP contribution in [0.4, 0.5) is 22.0 Å². The Labute approximate surface area is 121 Å². The predicted molar refractivity (Wildman–Crippen MR) is 63.5 cm³/mol. The van der Waals surface area contributed by atoms with Gasteiger partial charge in [0.05, 0.1) is 4.90 Å². The molecule has 122 valence electrons. The number of hydrogen-bond donors (Lipinski definition) is 1. The van der Waals surface area contributed by atoms with Crippen LogP contribution in [-0.4, -0.2) is 37.3 Å². The molecule has 1 aromatic carbocycles. The van der Waals surface area contributed by atoms with E-state index in [0.29, 0.717) is 6.07 Å². The molecule has 1 aliphatic carbocycles. The van der Waals surface area contributed by atoms with Gasteiger partial charge in [-0.15, -0.1) is 0 Å². The van der Waals surface area contributed by atoms with Crippen LogP contribution < -0.4 is 0 Å². The van der Waals surface area contributed by atoms with Crippen molar-refractivity contribution in [1.29, 1.82) is 0 Å². The van der Waals surface area contributed by atoms with Gasteiger partial charge in [-0.25, -0.2) is 8.42 Å². The number of ketones is 1. The molecule has 0 fully saturated rings. The molecule has 1 N–H and O–H groups in total. The molecule has 0 amide bonds. The Morgan fingerprint density at radius 3 is 2.32 bits per heavy atom. The van der Waals surface area contributed by atoms with Gasteiger partial charge in [-0.05, 0) is 23.6 Å². The molecule has 4 nitrogen and oxygen atoms in total. The van der Waals surface area contributed by atoms with Crippen LogP contribution in [0.25, 0.3) is 0 Å². The summed E-state index contributed by atoms with van der Waals surface area (Å²) in [7, 11) is -5.93. The number of hydrogen-bond acceptors (Lipinski definition) is 4. The number of alkyl halides is 5. The normalized spacial score (nSPS) is 17.6. The van der Waals surface area contributed by atoms with E-state index in [1.807, 2.05) is 0 Å². The average Bonchev–Trinajstić information content (AvgIpc) is 2.61. The Bertz CT molecular complexity index is 737. The standard InChI is InChI=1S/C12H9F5O4S/c13-11(14)5-7-6(3-4-18)1-2-8(9(7)10(11)19)22(20,21)12(15,16)17/h1-2,18H,3-5H2. The average molecular weight is 344 g/mol. The maximum Gasteiger partial charge on any atom is 0.501 e. The van der Waals surface area contributed by atoms with Crippen molar-refractivity contribution < 1.29 is 40.3 Å². The molecule has 1 aliphatic rings. The summed E-state index contributed by atoms with van der Waals surface area (Å²) >= 11 is 0. The predicted octanol–water partition coefficient (Wildman–Crippen LogP) is 1.89. The van der Waals surface area contributed by atoms with Crippen molar-refractivity contribution in [1.82, 2.24) is 0 Å². The summed E-state index contributed by atoms with van der Waals surface area (Å²) in [6.07, 6.45) is -1.37. The fraction of sp³-hybridized carbons (Fsp3) is 0.417. The summed E-state index contributed by atoms with van der Waals surface area (Å²) in [5, 5.41) is 8.83. The van der Waals surface area contributed by atoms with Crippen LogP contribution >= 0.6 is 0 Å². The fourth-order valence-corrected chi connectivity index (χ4v) is 3.29. The van der Waals surface area contributed by atoms with E-state index in [-0.39, 0.29) is 12.0 Å². The Hall–Kier alpha value is -1.55. The minimum Gasteiger partial charge on any atom is -0.396 e. The fourth-order valence-electron chi connectivity index (χ4n) is 2.31. The van der Waals surface area contributed by atoms with Crippen molar-refractivity contribution in [2.75, 3.05) is 6.61 Å². The molecule has 0 atom stereocenters. The summed E-state index contributed by atoms with van der Waals surface area (Å²) in [4.78, 5) is 10.2. The molecule has 1 aromatic rings. The number of Topliss-reactive ketones (excluding diaryl/α,β-unsaturated/α-hetero) is 1. The van der Waals surface area contributed by atoms with Gasteiger partial charge in [-0.1, -0.05) is 6.07 Å². The van der Waals surface area contributed by atoms with Gasteiger partial charge in [0.15, 0.2) is 0 Å². The van der Waals surface area contributed by atoms with E-state index >= 15 is 0 Å². The third-order valence-electron chi connectivity index (χ3n) is 3.31. The second kappa shape index (κ2) is 4.98. The minimum atomic E-state index is -5.93. The zero-order valence-corrected chi connectivity index (χ0v) is 11.6. The maximum absolute atomic E-state index is 13.5. The Kier molecular flexibility index (Phi) is 3.81. The lowest BCUT2D eigenvalue weighted by molar-refractivity contribution is -0.0436. The molecule has 0 saturated carbocycles. The topological polar surface area (TPSA) is 71.4 Å². The molecule has 0 unspecified atom stereocenters. The molecule has 2 rings (SSSR count). The first-order valence-corrected chi connectivity index (χ1v) is 7.41. The highest BCUT2D eigenvalue weighted by Gasteiger charge is 2.54. The largest absolute Gasteiger partial charge is 0.501 e. The number of carbonyl (C=O) groups is 1. The van der Waals surface area contributed by atoms with Crippen LogP contribution in [0.3, 0.4) is 0 Å². The van der Waals surface area contributed by atoms with E-state index in [0.717, 1.165) is 6.07 Å². The second-order valence-electron chi connectivity index (χ2n) is 4.71. The zero-order valence-electron chi connectivity index (χ0n) is 10.7. The number of benzene rings is 1. The smallest absolute Gasteiger partial charge is 0.396 e. The lowest BCUT2D eigenvalue weighted by Gasteiger charge is -2.13. The SMILES string of the molecule is O=C1c2c(S(=O)(=O)C(F)(F)F)ccc(CCO)c2CC1(F)F. The summed E-state index contributed by atoms with van der Waals surface area (Å²) in [6, 6.07) is 1.38. The van der Waals surface area contributed by atoms with Crippen LogP contribution in [0.1, 0.15) is 21.5 Å². The van der Waals surface area contributed by atoms with Gasteiger partial charge < -0.3 is 5.11 Å². The summed E-state index contributed by atoms with van der Waals surface area (Å²) in [5.74, 6) is -5.92. The number of carbonyl (C=O) groups excluding carboxylic acids is 1. The van der Waals surface area contributed by atoms with E-state index in [1.165, 1.54) is 0 Å². The Morgan fingerprint density at radius 2 is 1.82 bits per heavy atom. The van der Waals surface area contributed by atoms with Crippen molar-refractivity contribution >= 4 is 15.6 Å². The lowest BCUT2D eigenvalue weighted by Crippen LogP contribution is -2.28. The highest BCUT2D eigenvalue weighted by molar-refractivity contribution is 7.92. The van der Waals surface area contributed by atoms with Crippen molar-refractivity contribution in [3.8, 4) is 0 Å². The van der Waals surface area contributed by atoms with E-state index in [2.05, 4.69) is 0 Å². The van der Waals surface area contributed by atoms with Gasteiger partial charge in [-0.3, -0.25) is 4.79 Å². The van der Waals surface area contributed by atoms with Crippen LogP contribution in [0, 0.1) is 0 Å². The molecule has 0 radical (unpaired) electrons. The van der Waals surface area contributed by atoms with E-state index in [1.54, 1.807) is 0 Å². The molecule has 0 spiro atoms. The van der Waals surface area contributed by atoms with Gasteiger partial charge in [0.2, 0.25) is 5.78 Å². The zero-order chi connectivity index (χ0) is 16.9. The van der Waals surface area contributed by atoms with E-state index in [4.69, 9.17) is 5.11 Å². The molecule has 0 bridgehead atoms. The van der Waals surface area contributed by atoms with Crippen molar-refractivity contribution in [2.24, 2.45) is 0 Å². The Balaban J connectivity index is 2.78. The number of aliphatic hydroxyl groups is 1. The lowest BCUT2D eigenvalue weighted by atomic mass is 10.0. The quantitative estimate of drug-likeness (QED) is 0.850. The van der Waals surface area contributed by atoms with Crippen molar-refractivity contribution in [3.05, 3.63) is 28.8 Å². The maximum atomic E-state index is 13.5. The summed E-state index contributed by atoms with van der Waals surface area (Å²) < 4.78 is 87.9. The van der Waals surface area contributed by atoms with Gasteiger partial charge in [-0.2, -0.15) is 22.0 Å². The molecule has 22 heavy (non-hydrogen) atoms. The number of halogens is 5. The van der Waals surface area contributed by atoms with Crippen LogP contribution in [0.2, 0.25) is 0 Å². The van der Waals surface area contributed by atoms with Gasteiger partial charge >= 0.3 is 11.4 Å². The van der Waals surface area contributed by atoms with Crippen LogP contribution in [0.5, 0.6) is 0 Å². The third-order valence-corrected chi connectivity index (χ3v) is 4.83. The Morgan fingerprint density at radius 1 is 1.23 bits per heavy atom. The second-order valence-corrected chi connectivity index (χ2v) is 6.62. The number of fused-ring (bicyclic) bond motifs is 1. The molecule has 10 heteroatoms. The minimum absolute atomic E-state index is 0.0177. The van der Waals surface area contributed by atoms with Crippen LogP contribution in [-0.2, 0) is 22.7 Å². The number of aliphatic hydroxyl groups excluding tert-OH is 1. The van der Waals surface area contributed by atoms with Gasteiger partial charge in [0.25, 0.3) is 9.84 Å². The summed E-state index contributed by atoms with van der Waals surface area (Å²) in [5.41, 5.74) is -7.29. The number of sulfone groups is 1. The molecule has 0 saturated heterocycles. The van der Waals surface area contributed by atoms with Crippen molar-refractivity contribution in [3.63, 3.8) is 0 Å². The van der Waals surface area contributed by atoms with Gasteiger partial charge in [0.1, 0.15) is 0 Å². The first kappa shape index (κ1) is 16.8. The van der Waals surface area contributed by atoms with Gasteiger partial charge in [0, 0.05) is 18.6 Å². The number of rotatable bonds is 3.